The zero-order valence-electron chi connectivity index (χ0n) is 14.9. The summed E-state index contributed by atoms with van der Waals surface area (Å²) in [5.41, 5.74) is 1.15. The van der Waals surface area contributed by atoms with Crippen molar-refractivity contribution >= 4 is 22.2 Å². The van der Waals surface area contributed by atoms with E-state index in [0.29, 0.717) is 13.1 Å². The molecule has 1 aliphatic rings. The second-order valence-electron chi connectivity index (χ2n) is 6.85. The largest absolute Gasteiger partial charge is 0.392 e. The second kappa shape index (κ2) is 7.26. The van der Waals surface area contributed by atoms with E-state index in [9.17, 15) is 14.7 Å². The van der Waals surface area contributed by atoms with Crippen molar-refractivity contribution < 1.29 is 9.90 Å². The topological polar surface area (TPSA) is 103 Å². The van der Waals surface area contributed by atoms with E-state index in [-0.39, 0.29) is 18.2 Å². The molecule has 0 aliphatic carbocycles. The fraction of sp³-hybridized carbons (Fsp3) is 0.389. The maximum Gasteiger partial charge on any atom is 0.261 e. The number of imidazole rings is 1. The summed E-state index contributed by atoms with van der Waals surface area (Å²) in [5.74, 6) is -0.424. The van der Waals surface area contributed by atoms with Gasteiger partial charge in [0.15, 0.2) is 4.96 Å². The van der Waals surface area contributed by atoms with Crippen LogP contribution < -0.4 is 10.9 Å². The Labute approximate surface area is 159 Å². The Balaban J connectivity index is 1.39. The lowest BCUT2D eigenvalue weighted by molar-refractivity contribution is 0.0949. The van der Waals surface area contributed by atoms with E-state index in [1.807, 2.05) is 23.7 Å². The molecule has 1 fully saturated rings. The molecule has 0 spiro atoms. The van der Waals surface area contributed by atoms with Crippen LogP contribution in [0.4, 0.5) is 0 Å². The van der Waals surface area contributed by atoms with Crippen molar-refractivity contribution in [3.8, 4) is 0 Å². The number of hydrogen-bond acceptors (Lipinski definition) is 6. The molecule has 0 saturated carbocycles. The van der Waals surface area contributed by atoms with Crippen molar-refractivity contribution in [3.05, 3.63) is 56.7 Å². The van der Waals surface area contributed by atoms with Gasteiger partial charge in [0.05, 0.1) is 18.3 Å². The molecule has 1 aliphatic heterocycles. The molecule has 9 heteroatoms. The Morgan fingerprint density at radius 3 is 3.00 bits per heavy atom. The van der Waals surface area contributed by atoms with Crippen LogP contribution in [0, 0.1) is 6.92 Å². The molecular formula is C18H21N5O3S. The summed E-state index contributed by atoms with van der Waals surface area (Å²) in [6, 6.07) is 3.29. The highest BCUT2D eigenvalue weighted by molar-refractivity contribution is 7.16. The minimum absolute atomic E-state index is 0.0806. The van der Waals surface area contributed by atoms with Crippen molar-refractivity contribution in [2.24, 2.45) is 0 Å². The van der Waals surface area contributed by atoms with Gasteiger partial charge in [0.2, 0.25) is 0 Å². The van der Waals surface area contributed by atoms with Crippen LogP contribution >= 0.6 is 11.3 Å². The number of carbonyl (C=O) groups is 1. The molecule has 1 saturated heterocycles. The fourth-order valence-electron chi connectivity index (χ4n) is 3.29. The van der Waals surface area contributed by atoms with Crippen molar-refractivity contribution in [3.63, 3.8) is 0 Å². The van der Waals surface area contributed by atoms with E-state index in [0.717, 1.165) is 29.3 Å². The number of H-pyrrole nitrogens is 1. The van der Waals surface area contributed by atoms with Crippen LogP contribution in [-0.4, -0.2) is 49.5 Å². The van der Waals surface area contributed by atoms with Crippen LogP contribution in [0.25, 0.3) is 4.96 Å². The average Bonchev–Trinajstić information content (AvgIpc) is 3.27. The predicted octanol–water partition coefficient (Wildman–Crippen LogP) is 0.889. The van der Waals surface area contributed by atoms with Crippen LogP contribution in [0.5, 0.6) is 0 Å². The van der Waals surface area contributed by atoms with E-state index in [1.54, 1.807) is 23.5 Å². The number of nitrogens with one attached hydrogen (secondary N) is 2. The van der Waals surface area contributed by atoms with Gasteiger partial charge < -0.3 is 15.4 Å². The number of carbonyl (C=O) groups excluding carboxylic acids is 1. The number of aliphatic hydroxyl groups is 1. The molecule has 1 atom stereocenters. The maximum atomic E-state index is 12.3. The van der Waals surface area contributed by atoms with Crippen LogP contribution in [0.15, 0.2) is 29.3 Å². The molecule has 0 bridgehead atoms. The van der Waals surface area contributed by atoms with Gasteiger partial charge in [-0.2, -0.15) is 0 Å². The molecule has 3 aromatic rings. The van der Waals surface area contributed by atoms with Gasteiger partial charge in [-0.25, -0.2) is 4.98 Å². The lowest BCUT2D eigenvalue weighted by Crippen LogP contribution is -2.30. The monoisotopic (exact) mass is 387 g/mol. The summed E-state index contributed by atoms with van der Waals surface area (Å²) in [7, 11) is 0. The van der Waals surface area contributed by atoms with Crippen LogP contribution in [0.1, 0.15) is 33.0 Å². The minimum Gasteiger partial charge on any atom is -0.392 e. The number of rotatable bonds is 5. The highest BCUT2D eigenvalue weighted by Crippen LogP contribution is 2.16. The number of thiazole rings is 1. The van der Waals surface area contributed by atoms with E-state index < -0.39 is 11.5 Å². The third kappa shape index (κ3) is 3.95. The zero-order valence-corrected chi connectivity index (χ0v) is 15.8. The van der Waals surface area contributed by atoms with E-state index in [2.05, 4.69) is 20.2 Å². The summed E-state index contributed by atoms with van der Waals surface area (Å²) in [6.07, 6.45) is 4.30. The molecule has 4 heterocycles. The molecule has 3 aromatic heterocycles. The Morgan fingerprint density at radius 2 is 2.30 bits per heavy atom. The number of nitrogens with zero attached hydrogens (tertiary/aromatic N) is 3. The third-order valence-corrected chi connectivity index (χ3v) is 5.52. The van der Waals surface area contributed by atoms with Crippen molar-refractivity contribution in [2.45, 2.75) is 32.5 Å². The third-order valence-electron chi connectivity index (χ3n) is 4.61. The SMILES string of the molecule is Cc1cn2cc(CNC(=O)c3ccc(CN4CC[C@@H](O)C4)[nH]c3=O)nc2s1. The van der Waals surface area contributed by atoms with Crippen LogP contribution in [-0.2, 0) is 13.1 Å². The smallest absolute Gasteiger partial charge is 0.261 e. The van der Waals surface area contributed by atoms with Gasteiger partial charge in [0.25, 0.3) is 11.5 Å². The van der Waals surface area contributed by atoms with Gasteiger partial charge in [-0.15, -0.1) is 11.3 Å². The Hall–Kier alpha value is -2.49. The van der Waals surface area contributed by atoms with Gasteiger partial charge in [0.1, 0.15) is 5.56 Å². The van der Waals surface area contributed by atoms with Gasteiger partial charge in [-0.05, 0) is 25.5 Å². The maximum absolute atomic E-state index is 12.3. The van der Waals surface area contributed by atoms with Gasteiger partial charge in [0, 0.05) is 42.6 Å². The van der Waals surface area contributed by atoms with Crippen molar-refractivity contribution in [1.82, 2.24) is 24.6 Å². The number of aliphatic hydroxyl groups excluding tert-OH is 1. The molecular weight excluding hydrogens is 366 g/mol. The number of aryl methyl sites for hydroxylation is 1. The number of aromatic amines is 1. The molecule has 0 unspecified atom stereocenters. The molecule has 0 radical (unpaired) electrons. The minimum atomic E-state index is -0.424. The molecule has 27 heavy (non-hydrogen) atoms. The van der Waals surface area contributed by atoms with Crippen LogP contribution in [0.2, 0.25) is 0 Å². The van der Waals surface area contributed by atoms with Crippen molar-refractivity contribution in [1.29, 1.82) is 0 Å². The first-order chi connectivity index (χ1) is 13.0. The standard InChI is InChI=1S/C18H21N5O3S/c1-11-7-23-9-13(21-18(23)27-11)6-19-16(25)15-3-2-12(20-17(15)26)8-22-5-4-14(24)10-22/h2-3,7,9,14,24H,4-6,8,10H2,1H3,(H,19,25)(H,20,26)/t14-/m1/s1. The first-order valence-electron chi connectivity index (χ1n) is 8.83. The van der Waals surface area contributed by atoms with Crippen molar-refractivity contribution in [2.75, 3.05) is 13.1 Å². The van der Waals surface area contributed by atoms with Gasteiger partial charge in [-0.1, -0.05) is 0 Å². The number of aromatic nitrogens is 3. The number of β-amino-alcohol motifs (C(OH)–C–C–N with tert-alkyl or cyclic N) is 1. The molecule has 8 nitrogen and oxygen atoms in total. The first kappa shape index (κ1) is 17.9. The number of likely N-dealkylation sites (tertiary alicyclic amines) is 1. The summed E-state index contributed by atoms with van der Waals surface area (Å²) < 4.78 is 1.93. The number of fused-ring (bicyclic) bond motifs is 1. The first-order valence-corrected chi connectivity index (χ1v) is 9.64. The normalized spacial score (nSPS) is 17.6. The zero-order chi connectivity index (χ0) is 19.0. The lowest BCUT2D eigenvalue weighted by Gasteiger charge is -2.14. The highest BCUT2D eigenvalue weighted by Gasteiger charge is 2.20. The summed E-state index contributed by atoms with van der Waals surface area (Å²) in [5, 5.41) is 12.3. The molecule has 3 N–H and O–H groups in total. The summed E-state index contributed by atoms with van der Waals surface area (Å²) in [6.45, 7) is 4.24. The highest BCUT2D eigenvalue weighted by atomic mass is 32.1. The molecule has 142 valence electrons. The lowest BCUT2D eigenvalue weighted by atomic mass is 10.2. The average molecular weight is 387 g/mol. The Bertz CT molecular complexity index is 1010. The second-order valence-corrected chi connectivity index (χ2v) is 8.06. The summed E-state index contributed by atoms with van der Waals surface area (Å²) in [4.78, 5) is 35.9. The Morgan fingerprint density at radius 1 is 1.44 bits per heavy atom. The van der Waals surface area contributed by atoms with E-state index in [4.69, 9.17) is 0 Å². The van der Waals surface area contributed by atoms with Crippen LogP contribution in [0.3, 0.4) is 0 Å². The molecule has 1 amide bonds. The Kier molecular flexibility index (Phi) is 4.81. The van der Waals surface area contributed by atoms with Gasteiger partial charge in [-0.3, -0.25) is 18.9 Å². The number of amides is 1. The number of hydrogen-bond donors (Lipinski definition) is 3. The van der Waals surface area contributed by atoms with E-state index in [1.165, 1.54) is 4.88 Å². The fourth-order valence-corrected chi connectivity index (χ4v) is 4.12. The summed E-state index contributed by atoms with van der Waals surface area (Å²) >= 11 is 1.59. The van der Waals surface area contributed by atoms with Gasteiger partial charge >= 0.3 is 0 Å². The molecule has 4 rings (SSSR count). The molecule has 0 aromatic carbocycles. The van der Waals surface area contributed by atoms with E-state index >= 15 is 0 Å². The predicted molar refractivity (Wildman–Crippen MR) is 102 cm³/mol. The quantitative estimate of drug-likeness (QED) is 0.603. The number of pyridine rings is 1.